The molecule has 2 amide bonds. The fraction of sp³-hybridized carbons (Fsp3) is 0.273. The molecule has 0 unspecified atom stereocenters. The maximum absolute atomic E-state index is 12.7. The number of aryl methyl sites for hydroxylation is 1. The molecule has 0 fully saturated rings. The minimum absolute atomic E-state index is 0.0522. The predicted octanol–water partition coefficient (Wildman–Crippen LogP) is 2.43. The van der Waals surface area contributed by atoms with Crippen LogP contribution in [0, 0.1) is 0 Å². The Bertz CT molecular complexity index is 1170. The summed E-state index contributed by atoms with van der Waals surface area (Å²) in [5.41, 5.74) is 1.64. The second-order valence-corrected chi connectivity index (χ2v) is 9.28. The number of carbonyl (C=O) groups excluding carboxylic acids is 2. The number of rotatable bonds is 9. The monoisotopic (exact) mass is 442 g/mol. The molecule has 164 valence electrons. The summed E-state index contributed by atoms with van der Waals surface area (Å²) in [7, 11) is -2.45. The number of carbonyl (C=O) groups is 2. The molecule has 0 saturated heterocycles. The first-order chi connectivity index (χ1) is 14.8. The molecular formula is C22H26N4O4S. The summed E-state index contributed by atoms with van der Waals surface area (Å²) in [6.07, 6.45) is 2.75. The number of sulfonamides is 1. The Morgan fingerprint density at radius 2 is 1.74 bits per heavy atom. The van der Waals surface area contributed by atoms with Crippen LogP contribution in [0.5, 0.6) is 0 Å². The van der Waals surface area contributed by atoms with Gasteiger partial charge in [0.2, 0.25) is 21.8 Å². The minimum atomic E-state index is -3.81. The Morgan fingerprint density at radius 3 is 2.45 bits per heavy atom. The van der Waals surface area contributed by atoms with Gasteiger partial charge in [-0.15, -0.1) is 0 Å². The van der Waals surface area contributed by atoms with Gasteiger partial charge in [-0.25, -0.2) is 8.42 Å². The number of nitrogens with zero attached hydrogens (tertiary/aromatic N) is 2. The van der Waals surface area contributed by atoms with Crippen LogP contribution in [0.2, 0.25) is 0 Å². The molecule has 3 aromatic rings. The minimum Gasteiger partial charge on any atom is -0.355 e. The van der Waals surface area contributed by atoms with Gasteiger partial charge < -0.3 is 15.2 Å². The van der Waals surface area contributed by atoms with Gasteiger partial charge in [0.25, 0.3) is 0 Å². The fourth-order valence-electron chi connectivity index (χ4n) is 3.25. The van der Waals surface area contributed by atoms with Gasteiger partial charge in [-0.2, -0.15) is 4.31 Å². The van der Waals surface area contributed by atoms with E-state index < -0.39 is 10.0 Å². The first-order valence-corrected chi connectivity index (χ1v) is 11.4. The molecule has 2 N–H and O–H groups in total. The van der Waals surface area contributed by atoms with Crippen LogP contribution in [-0.2, 0) is 26.2 Å². The number of amides is 2. The summed E-state index contributed by atoms with van der Waals surface area (Å²) >= 11 is 0. The second-order valence-electron chi connectivity index (χ2n) is 7.24. The van der Waals surface area contributed by atoms with Crippen LogP contribution < -0.4 is 10.6 Å². The van der Waals surface area contributed by atoms with Crippen LogP contribution in [0.4, 0.5) is 5.69 Å². The van der Waals surface area contributed by atoms with E-state index in [4.69, 9.17) is 0 Å². The zero-order chi connectivity index (χ0) is 22.4. The molecule has 3 rings (SSSR count). The molecule has 1 aromatic heterocycles. The molecule has 0 saturated carbocycles. The van der Waals surface area contributed by atoms with E-state index in [-0.39, 0.29) is 23.3 Å². The largest absolute Gasteiger partial charge is 0.355 e. The van der Waals surface area contributed by atoms with Crippen molar-refractivity contribution in [2.24, 2.45) is 0 Å². The van der Waals surface area contributed by atoms with E-state index in [1.165, 1.54) is 43.6 Å². The normalized spacial score (nSPS) is 11.6. The van der Waals surface area contributed by atoms with Crippen molar-refractivity contribution < 1.29 is 18.0 Å². The number of para-hydroxylation sites is 1. The third kappa shape index (κ3) is 5.71. The van der Waals surface area contributed by atoms with Crippen LogP contribution in [0.3, 0.4) is 0 Å². The molecule has 31 heavy (non-hydrogen) atoms. The van der Waals surface area contributed by atoms with E-state index in [1.54, 1.807) is 0 Å². The van der Waals surface area contributed by atoms with Crippen molar-refractivity contribution in [2.45, 2.75) is 24.8 Å². The molecular weight excluding hydrogens is 416 g/mol. The third-order valence-corrected chi connectivity index (χ3v) is 6.64. The van der Waals surface area contributed by atoms with Crippen LogP contribution in [0.1, 0.15) is 13.3 Å². The molecule has 1 heterocycles. The molecule has 9 heteroatoms. The van der Waals surface area contributed by atoms with E-state index in [9.17, 15) is 18.0 Å². The summed E-state index contributed by atoms with van der Waals surface area (Å²) in [5.74, 6) is -0.604. The highest BCUT2D eigenvalue weighted by molar-refractivity contribution is 7.89. The number of likely N-dealkylation sites (N-methyl/N-ethyl adjacent to an activating group) is 1. The first kappa shape index (κ1) is 22.5. The van der Waals surface area contributed by atoms with Crippen molar-refractivity contribution >= 4 is 38.4 Å². The summed E-state index contributed by atoms with van der Waals surface area (Å²) in [4.78, 5) is 23.3. The molecule has 0 bridgehead atoms. The van der Waals surface area contributed by atoms with Gasteiger partial charge in [0.1, 0.15) is 0 Å². The number of fused-ring (bicyclic) bond motifs is 1. The van der Waals surface area contributed by atoms with Crippen molar-refractivity contribution in [1.29, 1.82) is 0 Å². The molecule has 2 aromatic carbocycles. The Hall–Kier alpha value is -3.17. The zero-order valence-corrected chi connectivity index (χ0v) is 18.4. The van der Waals surface area contributed by atoms with Gasteiger partial charge in [-0.05, 0) is 48.2 Å². The van der Waals surface area contributed by atoms with Crippen molar-refractivity contribution in [2.75, 3.05) is 25.5 Å². The Kier molecular flexibility index (Phi) is 7.09. The number of hydrogen-bond donors (Lipinski definition) is 2. The maximum atomic E-state index is 12.7. The number of anilines is 1. The summed E-state index contributed by atoms with van der Waals surface area (Å²) in [5, 5.41) is 6.52. The highest BCUT2D eigenvalue weighted by Gasteiger charge is 2.22. The van der Waals surface area contributed by atoms with E-state index in [2.05, 4.69) is 33.4 Å². The third-order valence-electron chi connectivity index (χ3n) is 4.83. The van der Waals surface area contributed by atoms with Crippen molar-refractivity contribution in [3.05, 3.63) is 60.8 Å². The lowest BCUT2D eigenvalue weighted by molar-refractivity contribution is -0.121. The average molecular weight is 443 g/mol. The molecule has 0 atom stereocenters. The zero-order valence-electron chi connectivity index (χ0n) is 17.5. The van der Waals surface area contributed by atoms with Gasteiger partial charge in [0.15, 0.2) is 0 Å². The topological polar surface area (TPSA) is 101 Å². The van der Waals surface area contributed by atoms with E-state index in [0.29, 0.717) is 12.2 Å². The average Bonchev–Trinajstić information content (AvgIpc) is 3.14. The summed E-state index contributed by atoms with van der Waals surface area (Å²) in [6.45, 7) is 2.30. The molecule has 0 radical (unpaired) electrons. The highest BCUT2D eigenvalue weighted by atomic mass is 32.2. The smallest absolute Gasteiger partial charge is 0.243 e. The quantitative estimate of drug-likeness (QED) is 0.497. The first-order valence-electron chi connectivity index (χ1n) is 9.92. The number of aromatic nitrogens is 1. The number of hydrogen-bond acceptors (Lipinski definition) is 4. The van der Waals surface area contributed by atoms with E-state index >= 15 is 0 Å². The number of nitrogens with one attached hydrogen (secondary N) is 2. The molecule has 0 aliphatic heterocycles. The van der Waals surface area contributed by atoms with Crippen molar-refractivity contribution in [1.82, 2.24) is 14.2 Å². The van der Waals surface area contributed by atoms with Gasteiger partial charge in [-0.1, -0.05) is 18.2 Å². The highest BCUT2D eigenvalue weighted by Crippen LogP contribution is 2.17. The van der Waals surface area contributed by atoms with Gasteiger partial charge in [0, 0.05) is 44.5 Å². The van der Waals surface area contributed by atoms with Gasteiger partial charge >= 0.3 is 0 Å². The summed E-state index contributed by atoms with van der Waals surface area (Å²) < 4.78 is 28.5. The Balaban J connectivity index is 1.48. The van der Waals surface area contributed by atoms with E-state index in [1.807, 2.05) is 18.3 Å². The van der Waals surface area contributed by atoms with Crippen molar-refractivity contribution in [3.63, 3.8) is 0 Å². The van der Waals surface area contributed by atoms with Crippen LogP contribution in [-0.4, -0.2) is 49.2 Å². The lowest BCUT2D eigenvalue weighted by Gasteiger charge is -2.17. The number of benzene rings is 2. The van der Waals surface area contributed by atoms with Crippen molar-refractivity contribution in [3.8, 4) is 0 Å². The van der Waals surface area contributed by atoms with Gasteiger partial charge in [-0.3, -0.25) is 9.59 Å². The molecule has 8 nitrogen and oxygen atoms in total. The van der Waals surface area contributed by atoms with Crippen LogP contribution in [0.25, 0.3) is 10.9 Å². The molecule has 0 aliphatic carbocycles. The SMILES string of the molecule is CC(=O)Nc1ccc(S(=O)(=O)N(C)CC(=O)NCCCn2ccc3ccccc32)cc1. The Labute approximate surface area is 181 Å². The lowest BCUT2D eigenvalue weighted by atomic mass is 10.2. The standard InChI is InChI=1S/C22H26N4O4S/c1-17(27)24-19-8-10-20(11-9-19)31(29,30)25(2)16-22(28)23-13-5-14-26-15-12-18-6-3-4-7-21(18)26/h3-4,6-12,15H,5,13-14,16H2,1-2H3,(H,23,28)(H,24,27). The van der Waals surface area contributed by atoms with Gasteiger partial charge in [0.05, 0.1) is 11.4 Å². The van der Waals surface area contributed by atoms with E-state index in [0.717, 1.165) is 22.8 Å². The maximum Gasteiger partial charge on any atom is 0.243 e. The van der Waals surface area contributed by atoms with Crippen LogP contribution in [0.15, 0.2) is 65.7 Å². The fourth-order valence-corrected chi connectivity index (χ4v) is 4.38. The molecule has 0 spiro atoms. The summed E-state index contributed by atoms with van der Waals surface area (Å²) in [6, 6.07) is 16.0. The predicted molar refractivity (Wildman–Crippen MR) is 120 cm³/mol. The lowest BCUT2D eigenvalue weighted by Crippen LogP contribution is -2.38. The Morgan fingerprint density at radius 1 is 1.03 bits per heavy atom. The molecule has 0 aliphatic rings. The van der Waals surface area contributed by atoms with Crippen LogP contribution >= 0.6 is 0 Å². The second kappa shape index (κ2) is 9.76.